The molecule has 5 heteroatoms. The molecule has 0 aliphatic rings. The Morgan fingerprint density at radius 3 is 2.88 bits per heavy atom. The Bertz CT molecular complexity index is 369. The number of hydrogen-bond donors (Lipinski definition) is 0. The number of carbonyl (C=O) groups is 1. The van der Waals surface area contributed by atoms with Crippen molar-refractivity contribution in [2.45, 2.75) is 12.8 Å². The van der Waals surface area contributed by atoms with E-state index in [1.807, 2.05) is 24.1 Å². The highest BCUT2D eigenvalue weighted by molar-refractivity contribution is 5.69. The lowest BCUT2D eigenvalue weighted by molar-refractivity contribution is -0.140. The standard InChI is InChI=1S/C12H18N2O3/c1-14(8-4-5-12(15)17-3)10-6-7-13-11(9-10)16-2/h6-7,9H,4-5,8H2,1-3H3. The number of nitrogens with zero attached hydrogens (tertiary/aromatic N) is 2. The molecule has 0 spiro atoms. The van der Waals surface area contributed by atoms with Crippen LogP contribution in [0, 0.1) is 0 Å². The number of methoxy groups -OCH3 is 2. The van der Waals surface area contributed by atoms with Crippen LogP contribution in [0.5, 0.6) is 5.88 Å². The van der Waals surface area contributed by atoms with Gasteiger partial charge in [0.2, 0.25) is 5.88 Å². The first-order valence-electron chi connectivity index (χ1n) is 5.45. The van der Waals surface area contributed by atoms with E-state index < -0.39 is 0 Å². The molecule has 0 unspecified atom stereocenters. The lowest BCUT2D eigenvalue weighted by Crippen LogP contribution is -2.19. The predicted molar refractivity (Wildman–Crippen MR) is 65.3 cm³/mol. The second kappa shape index (κ2) is 6.73. The quantitative estimate of drug-likeness (QED) is 0.703. The Labute approximate surface area is 101 Å². The minimum absolute atomic E-state index is 0.175. The van der Waals surface area contributed by atoms with Gasteiger partial charge in [-0.1, -0.05) is 0 Å². The van der Waals surface area contributed by atoms with Gasteiger partial charge < -0.3 is 14.4 Å². The van der Waals surface area contributed by atoms with Crippen LogP contribution >= 0.6 is 0 Å². The second-order valence-electron chi connectivity index (χ2n) is 3.66. The first-order valence-corrected chi connectivity index (χ1v) is 5.45. The minimum atomic E-state index is -0.175. The molecule has 0 saturated carbocycles. The van der Waals surface area contributed by atoms with Gasteiger partial charge in [-0.3, -0.25) is 4.79 Å². The number of esters is 1. The molecule has 94 valence electrons. The van der Waals surface area contributed by atoms with Crippen LogP contribution in [0.1, 0.15) is 12.8 Å². The van der Waals surface area contributed by atoms with Gasteiger partial charge in [-0.15, -0.1) is 0 Å². The summed E-state index contributed by atoms with van der Waals surface area (Å²) in [6, 6.07) is 3.76. The normalized spacial score (nSPS) is 9.82. The summed E-state index contributed by atoms with van der Waals surface area (Å²) in [5.41, 5.74) is 1.02. The molecule has 0 fully saturated rings. The van der Waals surface area contributed by atoms with Crippen molar-refractivity contribution in [3.8, 4) is 5.88 Å². The molecule has 0 radical (unpaired) electrons. The Balaban J connectivity index is 2.46. The highest BCUT2D eigenvalue weighted by atomic mass is 16.5. The fraction of sp³-hybridized carbons (Fsp3) is 0.500. The van der Waals surface area contributed by atoms with Gasteiger partial charge in [-0.2, -0.15) is 0 Å². The van der Waals surface area contributed by atoms with E-state index in [1.165, 1.54) is 7.11 Å². The maximum absolute atomic E-state index is 11.0. The van der Waals surface area contributed by atoms with E-state index in [1.54, 1.807) is 13.3 Å². The smallest absolute Gasteiger partial charge is 0.305 e. The summed E-state index contributed by atoms with van der Waals surface area (Å²) in [7, 11) is 4.95. The van der Waals surface area contributed by atoms with Crippen molar-refractivity contribution in [1.29, 1.82) is 0 Å². The Kier molecular flexibility index (Phi) is 5.26. The van der Waals surface area contributed by atoms with Gasteiger partial charge >= 0.3 is 5.97 Å². The number of pyridine rings is 1. The molecule has 0 bridgehead atoms. The zero-order chi connectivity index (χ0) is 12.7. The molecule has 1 rings (SSSR count). The second-order valence-corrected chi connectivity index (χ2v) is 3.66. The lowest BCUT2D eigenvalue weighted by Gasteiger charge is -2.19. The lowest BCUT2D eigenvalue weighted by atomic mass is 10.3. The Morgan fingerprint density at radius 1 is 1.47 bits per heavy atom. The van der Waals surface area contributed by atoms with Crippen LogP contribution in [0.15, 0.2) is 18.3 Å². The van der Waals surface area contributed by atoms with Crippen molar-refractivity contribution in [2.75, 3.05) is 32.7 Å². The van der Waals surface area contributed by atoms with E-state index in [-0.39, 0.29) is 5.97 Å². The van der Waals surface area contributed by atoms with E-state index in [9.17, 15) is 4.79 Å². The van der Waals surface area contributed by atoms with E-state index in [2.05, 4.69) is 9.72 Å². The maximum atomic E-state index is 11.0. The van der Waals surface area contributed by atoms with E-state index in [4.69, 9.17) is 4.74 Å². The third kappa shape index (κ3) is 4.30. The summed E-state index contributed by atoms with van der Waals surface area (Å²) in [4.78, 5) is 17.0. The molecule has 1 aromatic heterocycles. The number of hydrogen-bond acceptors (Lipinski definition) is 5. The topological polar surface area (TPSA) is 51.7 Å². The molecule has 5 nitrogen and oxygen atoms in total. The third-order valence-electron chi connectivity index (χ3n) is 2.47. The summed E-state index contributed by atoms with van der Waals surface area (Å²) >= 11 is 0. The van der Waals surface area contributed by atoms with Crippen molar-refractivity contribution < 1.29 is 14.3 Å². The van der Waals surface area contributed by atoms with Crippen LogP contribution in [0.25, 0.3) is 0 Å². The average molecular weight is 238 g/mol. The maximum Gasteiger partial charge on any atom is 0.305 e. The molecule has 0 atom stereocenters. The number of aromatic nitrogens is 1. The van der Waals surface area contributed by atoms with Gasteiger partial charge in [0.15, 0.2) is 0 Å². The van der Waals surface area contributed by atoms with Crippen LogP contribution < -0.4 is 9.64 Å². The zero-order valence-electron chi connectivity index (χ0n) is 10.5. The SMILES string of the molecule is COC(=O)CCCN(C)c1ccnc(OC)c1. The largest absolute Gasteiger partial charge is 0.481 e. The monoisotopic (exact) mass is 238 g/mol. The van der Waals surface area contributed by atoms with Gasteiger partial charge in [0.25, 0.3) is 0 Å². The average Bonchev–Trinajstić information content (AvgIpc) is 2.38. The van der Waals surface area contributed by atoms with Gasteiger partial charge in [0, 0.05) is 38.0 Å². The van der Waals surface area contributed by atoms with Crippen LogP contribution in [-0.2, 0) is 9.53 Å². The number of anilines is 1. The van der Waals surface area contributed by atoms with E-state index >= 15 is 0 Å². The summed E-state index contributed by atoms with van der Waals surface area (Å²) in [5, 5.41) is 0. The van der Waals surface area contributed by atoms with Gasteiger partial charge in [-0.25, -0.2) is 4.98 Å². The molecule has 1 heterocycles. The highest BCUT2D eigenvalue weighted by Gasteiger charge is 2.05. The molecule has 0 N–H and O–H groups in total. The summed E-state index contributed by atoms with van der Waals surface area (Å²) in [6.45, 7) is 0.780. The number of ether oxygens (including phenoxy) is 2. The van der Waals surface area contributed by atoms with Crippen molar-refractivity contribution in [3.63, 3.8) is 0 Å². The summed E-state index contributed by atoms with van der Waals surface area (Å²) in [6.07, 6.45) is 2.89. The Morgan fingerprint density at radius 2 is 2.24 bits per heavy atom. The van der Waals surface area contributed by atoms with Crippen LogP contribution in [0.4, 0.5) is 5.69 Å². The third-order valence-corrected chi connectivity index (χ3v) is 2.47. The molecular formula is C12H18N2O3. The fourth-order valence-electron chi connectivity index (χ4n) is 1.44. The van der Waals surface area contributed by atoms with Crippen LogP contribution in [-0.4, -0.2) is 38.8 Å². The zero-order valence-corrected chi connectivity index (χ0v) is 10.5. The molecule has 17 heavy (non-hydrogen) atoms. The predicted octanol–water partition coefficient (Wildman–Crippen LogP) is 1.48. The van der Waals surface area contributed by atoms with Crippen molar-refractivity contribution in [1.82, 2.24) is 4.98 Å². The summed E-state index contributed by atoms with van der Waals surface area (Å²) in [5.74, 6) is 0.410. The fourth-order valence-corrected chi connectivity index (χ4v) is 1.44. The molecule has 0 saturated heterocycles. The van der Waals surface area contributed by atoms with Gasteiger partial charge in [0.1, 0.15) is 0 Å². The van der Waals surface area contributed by atoms with Crippen LogP contribution in [0.3, 0.4) is 0 Å². The minimum Gasteiger partial charge on any atom is -0.481 e. The summed E-state index contributed by atoms with van der Waals surface area (Å²) < 4.78 is 9.64. The molecule has 0 aliphatic carbocycles. The first kappa shape index (κ1) is 13.3. The Hall–Kier alpha value is -1.78. The first-order chi connectivity index (χ1) is 8.17. The van der Waals surface area contributed by atoms with E-state index in [0.717, 1.165) is 18.7 Å². The number of rotatable bonds is 6. The van der Waals surface area contributed by atoms with Gasteiger partial charge in [0.05, 0.1) is 14.2 Å². The molecule has 1 aromatic rings. The van der Waals surface area contributed by atoms with Crippen LogP contribution in [0.2, 0.25) is 0 Å². The van der Waals surface area contributed by atoms with Crippen molar-refractivity contribution in [3.05, 3.63) is 18.3 Å². The molecule has 0 aromatic carbocycles. The van der Waals surface area contributed by atoms with Crippen molar-refractivity contribution >= 4 is 11.7 Å². The molecular weight excluding hydrogens is 220 g/mol. The number of carbonyl (C=O) groups excluding carboxylic acids is 1. The molecule has 0 aliphatic heterocycles. The highest BCUT2D eigenvalue weighted by Crippen LogP contribution is 2.17. The van der Waals surface area contributed by atoms with E-state index in [0.29, 0.717) is 12.3 Å². The van der Waals surface area contributed by atoms with Crippen molar-refractivity contribution in [2.24, 2.45) is 0 Å². The van der Waals surface area contributed by atoms with Gasteiger partial charge in [-0.05, 0) is 12.5 Å². The molecule has 0 amide bonds.